The highest BCUT2D eigenvalue weighted by molar-refractivity contribution is 5.88. The van der Waals surface area contributed by atoms with Crippen LogP contribution in [0.5, 0.6) is 0 Å². The summed E-state index contributed by atoms with van der Waals surface area (Å²) >= 11 is 0. The summed E-state index contributed by atoms with van der Waals surface area (Å²) in [5, 5.41) is 0. The molecule has 0 unspecified atom stereocenters. The number of carbonyl (C=O) groups excluding carboxylic acids is 1. The molecule has 0 atom stereocenters. The van der Waals surface area contributed by atoms with Gasteiger partial charge in [-0.15, -0.1) is 0 Å². The van der Waals surface area contributed by atoms with E-state index in [1.165, 1.54) is 0 Å². The normalized spacial score (nSPS) is 10.5. The molecule has 4 heteroatoms. The standard InChI is InChI=1S/C11H16N2O2/c1-5-15-11(14)9-8(4)6-12-10(13-9)7(2)3/h6-7H,5H2,1-4H3. The first-order valence-electron chi connectivity index (χ1n) is 5.07. The third kappa shape index (κ3) is 2.75. The van der Waals surface area contributed by atoms with Crippen molar-refractivity contribution in [1.82, 2.24) is 9.97 Å². The lowest BCUT2D eigenvalue weighted by Gasteiger charge is -2.08. The molecule has 0 fully saturated rings. The van der Waals surface area contributed by atoms with Crippen molar-refractivity contribution < 1.29 is 9.53 Å². The molecule has 15 heavy (non-hydrogen) atoms. The maximum Gasteiger partial charge on any atom is 0.357 e. The molecule has 0 spiro atoms. The highest BCUT2D eigenvalue weighted by Gasteiger charge is 2.14. The highest BCUT2D eigenvalue weighted by atomic mass is 16.5. The van der Waals surface area contributed by atoms with Crippen molar-refractivity contribution in [2.75, 3.05) is 6.61 Å². The summed E-state index contributed by atoms with van der Waals surface area (Å²) in [6.07, 6.45) is 1.66. The van der Waals surface area contributed by atoms with Crippen LogP contribution in [0.1, 0.15) is 48.6 Å². The molecule has 0 radical (unpaired) electrons. The van der Waals surface area contributed by atoms with Crippen molar-refractivity contribution in [3.05, 3.63) is 23.3 Å². The van der Waals surface area contributed by atoms with E-state index >= 15 is 0 Å². The first kappa shape index (κ1) is 11.6. The summed E-state index contributed by atoms with van der Waals surface area (Å²) in [5.74, 6) is 0.502. The van der Waals surface area contributed by atoms with E-state index in [2.05, 4.69) is 9.97 Å². The molecule has 1 rings (SSSR count). The van der Waals surface area contributed by atoms with Gasteiger partial charge in [-0.25, -0.2) is 14.8 Å². The van der Waals surface area contributed by atoms with Crippen LogP contribution in [0.15, 0.2) is 6.20 Å². The van der Waals surface area contributed by atoms with Crippen LogP contribution in [-0.4, -0.2) is 22.5 Å². The van der Waals surface area contributed by atoms with E-state index in [9.17, 15) is 4.79 Å². The van der Waals surface area contributed by atoms with Crippen molar-refractivity contribution in [3.63, 3.8) is 0 Å². The second-order valence-electron chi connectivity index (χ2n) is 3.63. The lowest BCUT2D eigenvalue weighted by atomic mass is 10.2. The summed E-state index contributed by atoms with van der Waals surface area (Å²) in [5.41, 5.74) is 1.12. The van der Waals surface area contributed by atoms with E-state index in [1.807, 2.05) is 13.8 Å². The van der Waals surface area contributed by atoms with Crippen LogP contribution in [0.3, 0.4) is 0 Å². The molecule has 4 nitrogen and oxygen atoms in total. The van der Waals surface area contributed by atoms with E-state index in [0.717, 1.165) is 5.56 Å². The van der Waals surface area contributed by atoms with Gasteiger partial charge in [0.2, 0.25) is 0 Å². The molecule has 0 amide bonds. The number of hydrogen-bond acceptors (Lipinski definition) is 4. The lowest BCUT2D eigenvalue weighted by Crippen LogP contribution is -2.12. The van der Waals surface area contributed by atoms with Gasteiger partial charge in [0.25, 0.3) is 0 Å². The molecule has 1 aromatic heterocycles. The van der Waals surface area contributed by atoms with Crippen molar-refractivity contribution in [1.29, 1.82) is 0 Å². The number of ether oxygens (including phenoxy) is 1. The summed E-state index contributed by atoms with van der Waals surface area (Å²) in [6.45, 7) is 7.91. The van der Waals surface area contributed by atoms with Gasteiger partial charge in [0.05, 0.1) is 6.61 Å². The monoisotopic (exact) mass is 208 g/mol. The van der Waals surface area contributed by atoms with Crippen LogP contribution in [0.25, 0.3) is 0 Å². The molecular weight excluding hydrogens is 192 g/mol. The molecule has 1 aromatic rings. The van der Waals surface area contributed by atoms with Gasteiger partial charge < -0.3 is 4.74 Å². The second kappa shape index (κ2) is 4.87. The average molecular weight is 208 g/mol. The zero-order valence-electron chi connectivity index (χ0n) is 9.57. The number of esters is 1. The Balaban J connectivity index is 3.05. The molecular formula is C11H16N2O2. The summed E-state index contributed by atoms with van der Waals surface area (Å²) in [6, 6.07) is 0. The van der Waals surface area contributed by atoms with E-state index in [0.29, 0.717) is 18.1 Å². The van der Waals surface area contributed by atoms with Gasteiger partial charge in [-0.3, -0.25) is 0 Å². The van der Waals surface area contributed by atoms with Crippen LogP contribution in [0, 0.1) is 6.92 Å². The van der Waals surface area contributed by atoms with E-state index in [1.54, 1.807) is 20.0 Å². The van der Waals surface area contributed by atoms with Crippen LogP contribution >= 0.6 is 0 Å². The third-order valence-corrected chi connectivity index (χ3v) is 1.98. The first-order valence-corrected chi connectivity index (χ1v) is 5.07. The number of carbonyl (C=O) groups is 1. The van der Waals surface area contributed by atoms with E-state index in [4.69, 9.17) is 4.74 Å². The summed E-state index contributed by atoms with van der Waals surface area (Å²) < 4.78 is 4.91. The molecule has 82 valence electrons. The Bertz CT molecular complexity index is 362. The highest BCUT2D eigenvalue weighted by Crippen LogP contribution is 2.12. The maximum atomic E-state index is 11.5. The van der Waals surface area contributed by atoms with Gasteiger partial charge in [0, 0.05) is 17.7 Å². The quantitative estimate of drug-likeness (QED) is 0.714. The Morgan fingerprint density at radius 2 is 2.20 bits per heavy atom. The fraction of sp³-hybridized carbons (Fsp3) is 0.545. The number of aromatic nitrogens is 2. The SMILES string of the molecule is CCOC(=O)c1nc(C(C)C)ncc1C. The van der Waals surface area contributed by atoms with E-state index in [-0.39, 0.29) is 11.9 Å². The van der Waals surface area contributed by atoms with Crippen molar-refractivity contribution in [2.24, 2.45) is 0 Å². The van der Waals surface area contributed by atoms with Crippen LogP contribution in [0.2, 0.25) is 0 Å². The minimum absolute atomic E-state index is 0.207. The molecule has 0 saturated carbocycles. The first-order chi connectivity index (χ1) is 7.06. The fourth-order valence-corrected chi connectivity index (χ4v) is 1.14. The largest absolute Gasteiger partial charge is 0.461 e. The van der Waals surface area contributed by atoms with Crippen LogP contribution < -0.4 is 0 Å². The number of aryl methyl sites for hydroxylation is 1. The molecule has 0 N–H and O–H groups in total. The Morgan fingerprint density at radius 1 is 1.53 bits per heavy atom. The molecule has 0 aliphatic heterocycles. The molecule has 0 aliphatic rings. The molecule has 0 aliphatic carbocycles. The minimum atomic E-state index is -0.376. The molecule has 0 saturated heterocycles. The lowest BCUT2D eigenvalue weighted by molar-refractivity contribution is 0.0518. The smallest absolute Gasteiger partial charge is 0.357 e. The summed E-state index contributed by atoms with van der Waals surface area (Å²) in [4.78, 5) is 19.9. The second-order valence-corrected chi connectivity index (χ2v) is 3.63. The molecule has 0 bridgehead atoms. The zero-order chi connectivity index (χ0) is 11.4. The predicted molar refractivity (Wildman–Crippen MR) is 56.8 cm³/mol. The number of rotatable bonds is 3. The van der Waals surface area contributed by atoms with Crippen molar-refractivity contribution >= 4 is 5.97 Å². The van der Waals surface area contributed by atoms with Crippen LogP contribution in [0.4, 0.5) is 0 Å². The third-order valence-electron chi connectivity index (χ3n) is 1.98. The van der Waals surface area contributed by atoms with Gasteiger partial charge >= 0.3 is 5.97 Å². The maximum absolute atomic E-state index is 11.5. The molecule has 0 aromatic carbocycles. The topological polar surface area (TPSA) is 52.1 Å². The minimum Gasteiger partial charge on any atom is -0.461 e. The fourth-order valence-electron chi connectivity index (χ4n) is 1.14. The van der Waals surface area contributed by atoms with Gasteiger partial charge in [0.15, 0.2) is 5.69 Å². The molecule has 1 heterocycles. The van der Waals surface area contributed by atoms with Gasteiger partial charge in [-0.05, 0) is 13.8 Å². The van der Waals surface area contributed by atoms with Crippen molar-refractivity contribution in [3.8, 4) is 0 Å². The Hall–Kier alpha value is -1.45. The van der Waals surface area contributed by atoms with Crippen molar-refractivity contribution in [2.45, 2.75) is 33.6 Å². The average Bonchev–Trinajstić information content (AvgIpc) is 2.18. The number of hydrogen-bond donors (Lipinski definition) is 0. The van der Waals surface area contributed by atoms with Gasteiger partial charge in [0.1, 0.15) is 5.82 Å². The Morgan fingerprint density at radius 3 is 2.73 bits per heavy atom. The number of nitrogens with zero attached hydrogens (tertiary/aromatic N) is 2. The Labute approximate surface area is 89.7 Å². The van der Waals surface area contributed by atoms with Gasteiger partial charge in [-0.1, -0.05) is 13.8 Å². The predicted octanol–water partition coefficient (Wildman–Crippen LogP) is 2.09. The zero-order valence-corrected chi connectivity index (χ0v) is 9.57. The van der Waals surface area contributed by atoms with Gasteiger partial charge in [-0.2, -0.15) is 0 Å². The Kier molecular flexibility index (Phi) is 3.77. The van der Waals surface area contributed by atoms with Crippen LogP contribution in [-0.2, 0) is 4.74 Å². The van der Waals surface area contributed by atoms with E-state index < -0.39 is 0 Å². The summed E-state index contributed by atoms with van der Waals surface area (Å²) in [7, 11) is 0.